The molecular formula is C12H14ClN3. The summed E-state index contributed by atoms with van der Waals surface area (Å²) < 4.78 is 1.97. The highest BCUT2D eigenvalue weighted by molar-refractivity contribution is 6.30. The summed E-state index contributed by atoms with van der Waals surface area (Å²) >= 11 is 6.31. The van der Waals surface area contributed by atoms with E-state index < -0.39 is 0 Å². The fraction of sp³-hybridized carbons (Fsp3) is 0.417. The fourth-order valence-corrected chi connectivity index (χ4v) is 2.35. The van der Waals surface area contributed by atoms with Crippen LogP contribution in [0.25, 0.3) is 5.65 Å². The van der Waals surface area contributed by atoms with Gasteiger partial charge in [-0.1, -0.05) is 11.6 Å². The first-order valence-corrected chi connectivity index (χ1v) is 5.98. The first-order valence-electron chi connectivity index (χ1n) is 5.60. The Balaban J connectivity index is 2.09. The highest BCUT2D eigenvalue weighted by atomic mass is 35.5. The van der Waals surface area contributed by atoms with Gasteiger partial charge in [-0.25, -0.2) is 4.98 Å². The van der Waals surface area contributed by atoms with E-state index >= 15 is 0 Å². The molecule has 3 rings (SSSR count). The van der Waals surface area contributed by atoms with Gasteiger partial charge in [0.15, 0.2) is 0 Å². The number of fused-ring (bicyclic) bond motifs is 1. The van der Waals surface area contributed by atoms with E-state index in [1.54, 1.807) is 0 Å². The minimum Gasteiger partial charge on any atom is -0.316 e. The van der Waals surface area contributed by atoms with Gasteiger partial charge in [-0.2, -0.15) is 0 Å². The van der Waals surface area contributed by atoms with E-state index in [4.69, 9.17) is 11.6 Å². The van der Waals surface area contributed by atoms with Crippen molar-refractivity contribution in [2.75, 3.05) is 7.05 Å². The van der Waals surface area contributed by atoms with Gasteiger partial charge in [-0.15, -0.1) is 0 Å². The number of aromatic nitrogens is 2. The van der Waals surface area contributed by atoms with Crippen molar-refractivity contribution in [1.29, 1.82) is 0 Å². The molecule has 0 bridgehead atoms. The lowest BCUT2D eigenvalue weighted by atomic mass is 10.2. The molecule has 0 radical (unpaired) electrons. The van der Waals surface area contributed by atoms with E-state index in [9.17, 15) is 0 Å². The van der Waals surface area contributed by atoms with Crippen molar-refractivity contribution >= 4 is 17.2 Å². The topological polar surface area (TPSA) is 29.3 Å². The average Bonchev–Trinajstić information content (AvgIpc) is 3.06. The molecule has 0 aliphatic heterocycles. The zero-order valence-corrected chi connectivity index (χ0v) is 9.96. The monoisotopic (exact) mass is 235 g/mol. The van der Waals surface area contributed by atoms with Crippen LogP contribution >= 0.6 is 11.6 Å². The molecule has 84 valence electrons. The van der Waals surface area contributed by atoms with Crippen LogP contribution in [0.2, 0.25) is 5.15 Å². The van der Waals surface area contributed by atoms with E-state index in [0.717, 1.165) is 23.0 Å². The van der Waals surface area contributed by atoms with E-state index in [1.165, 1.54) is 18.4 Å². The molecule has 2 aromatic heterocycles. The fourth-order valence-electron chi connectivity index (χ4n) is 2.01. The summed E-state index contributed by atoms with van der Waals surface area (Å²) in [7, 11) is 1.94. The standard InChI is InChI=1S/C12H14ClN3/c1-14-7-8-4-5-16-10(6-8)15-11(12(16)13)9-2-3-9/h4-6,9,14H,2-3,7H2,1H3. The lowest BCUT2D eigenvalue weighted by Gasteiger charge is -2.00. The predicted molar refractivity (Wildman–Crippen MR) is 64.9 cm³/mol. The van der Waals surface area contributed by atoms with Crippen molar-refractivity contribution in [3.8, 4) is 0 Å². The quantitative estimate of drug-likeness (QED) is 0.886. The molecule has 2 heterocycles. The number of hydrogen-bond donors (Lipinski definition) is 1. The molecule has 1 saturated carbocycles. The second-order valence-electron chi connectivity index (χ2n) is 4.36. The molecule has 1 N–H and O–H groups in total. The smallest absolute Gasteiger partial charge is 0.138 e. The second kappa shape index (κ2) is 3.75. The molecule has 4 heteroatoms. The van der Waals surface area contributed by atoms with Crippen molar-refractivity contribution < 1.29 is 0 Å². The predicted octanol–water partition coefficient (Wildman–Crippen LogP) is 2.58. The highest BCUT2D eigenvalue weighted by Crippen LogP contribution is 2.42. The van der Waals surface area contributed by atoms with Gasteiger partial charge in [0, 0.05) is 18.7 Å². The van der Waals surface area contributed by atoms with Crippen molar-refractivity contribution in [3.63, 3.8) is 0 Å². The Morgan fingerprint density at radius 2 is 2.38 bits per heavy atom. The number of nitrogens with one attached hydrogen (secondary N) is 1. The largest absolute Gasteiger partial charge is 0.316 e. The SMILES string of the molecule is CNCc1ccn2c(Cl)c(C3CC3)nc2c1. The Labute approximate surface area is 99.4 Å². The van der Waals surface area contributed by atoms with E-state index in [1.807, 2.05) is 17.6 Å². The average molecular weight is 236 g/mol. The van der Waals surface area contributed by atoms with Crippen LogP contribution in [0, 0.1) is 0 Å². The lowest BCUT2D eigenvalue weighted by molar-refractivity contribution is 0.816. The number of imidazole rings is 1. The van der Waals surface area contributed by atoms with Crippen molar-refractivity contribution in [2.45, 2.75) is 25.3 Å². The first kappa shape index (κ1) is 10.1. The van der Waals surface area contributed by atoms with Gasteiger partial charge < -0.3 is 5.32 Å². The molecule has 16 heavy (non-hydrogen) atoms. The van der Waals surface area contributed by atoms with Crippen LogP contribution in [0.3, 0.4) is 0 Å². The van der Waals surface area contributed by atoms with Crippen molar-refractivity contribution in [2.24, 2.45) is 0 Å². The zero-order valence-electron chi connectivity index (χ0n) is 9.20. The molecule has 0 atom stereocenters. The Hall–Kier alpha value is -1.06. The van der Waals surface area contributed by atoms with Crippen molar-refractivity contribution in [3.05, 3.63) is 34.7 Å². The maximum Gasteiger partial charge on any atom is 0.138 e. The van der Waals surface area contributed by atoms with Crippen LogP contribution in [0.5, 0.6) is 0 Å². The number of halogens is 1. The van der Waals surface area contributed by atoms with Crippen LogP contribution < -0.4 is 5.32 Å². The van der Waals surface area contributed by atoms with Crippen LogP contribution in [-0.2, 0) is 6.54 Å². The van der Waals surface area contributed by atoms with Gasteiger partial charge in [0.05, 0.1) is 5.69 Å². The molecule has 1 aliphatic carbocycles. The summed E-state index contributed by atoms with van der Waals surface area (Å²) in [5.74, 6) is 0.597. The molecule has 0 amide bonds. The first-order chi connectivity index (χ1) is 7.79. The number of pyridine rings is 1. The molecule has 3 nitrogen and oxygen atoms in total. The Kier molecular flexibility index (Phi) is 2.37. The second-order valence-corrected chi connectivity index (χ2v) is 4.71. The van der Waals surface area contributed by atoms with Crippen LogP contribution in [0.1, 0.15) is 30.0 Å². The maximum absolute atomic E-state index is 6.31. The van der Waals surface area contributed by atoms with Crippen LogP contribution in [0.4, 0.5) is 0 Å². The Bertz CT molecular complexity index is 528. The Morgan fingerprint density at radius 1 is 1.56 bits per heavy atom. The molecule has 1 fully saturated rings. The summed E-state index contributed by atoms with van der Waals surface area (Å²) in [5.41, 5.74) is 3.27. The van der Waals surface area contributed by atoms with Gasteiger partial charge in [-0.3, -0.25) is 4.40 Å². The van der Waals surface area contributed by atoms with Crippen LogP contribution in [0.15, 0.2) is 18.3 Å². The molecule has 0 aromatic carbocycles. The van der Waals surface area contributed by atoms with Crippen LogP contribution in [-0.4, -0.2) is 16.4 Å². The molecular weight excluding hydrogens is 222 g/mol. The molecule has 0 saturated heterocycles. The number of rotatable bonds is 3. The molecule has 0 unspecified atom stereocenters. The minimum absolute atomic E-state index is 0.597. The summed E-state index contributed by atoms with van der Waals surface area (Å²) in [6.45, 7) is 0.861. The third kappa shape index (κ3) is 1.60. The third-order valence-electron chi connectivity index (χ3n) is 3.00. The number of nitrogens with zero attached hydrogens (tertiary/aromatic N) is 2. The summed E-state index contributed by atoms with van der Waals surface area (Å²) in [4.78, 5) is 4.62. The summed E-state index contributed by atoms with van der Waals surface area (Å²) in [6, 6.07) is 4.17. The highest BCUT2D eigenvalue weighted by Gasteiger charge is 2.29. The van der Waals surface area contributed by atoms with Gasteiger partial charge in [0.1, 0.15) is 10.8 Å². The summed E-state index contributed by atoms with van der Waals surface area (Å²) in [6.07, 6.45) is 4.46. The molecule has 2 aromatic rings. The van der Waals surface area contributed by atoms with Gasteiger partial charge in [0.2, 0.25) is 0 Å². The number of hydrogen-bond acceptors (Lipinski definition) is 2. The third-order valence-corrected chi connectivity index (χ3v) is 3.38. The minimum atomic E-state index is 0.597. The molecule has 1 aliphatic rings. The lowest BCUT2D eigenvalue weighted by Crippen LogP contribution is -2.05. The van der Waals surface area contributed by atoms with Crippen molar-refractivity contribution in [1.82, 2.24) is 14.7 Å². The van der Waals surface area contributed by atoms with Gasteiger partial charge in [0.25, 0.3) is 0 Å². The zero-order chi connectivity index (χ0) is 11.1. The normalized spacial score (nSPS) is 15.9. The Morgan fingerprint density at radius 3 is 3.06 bits per heavy atom. The van der Waals surface area contributed by atoms with Gasteiger partial charge >= 0.3 is 0 Å². The van der Waals surface area contributed by atoms with E-state index in [-0.39, 0.29) is 0 Å². The molecule has 0 spiro atoms. The van der Waals surface area contributed by atoms with Gasteiger partial charge in [-0.05, 0) is 37.6 Å². The van der Waals surface area contributed by atoms with E-state index in [2.05, 4.69) is 22.4 Å². The summed E-state index contributed by atoms with van der Waals surface area (Å²) in [5, 5.41) is 3.92. The van der Waals surface area contributed by atoms with E-state index in [0.29, 0.717) is 5.92 Å². The maximum atomic E-state index is 6.31.